The number of thioether (sulfide) groups is 2. The van der Waals surface area contributed by atoms with Gasteiger partial charge in [0.05, 0.1) is 0 Å². The van der Waals surface area contributed by atoms with Crippen LogP contribution in [0.15, 0.2) is 22.7 Å². The third-order valence-electron chi connectivity index (χ3n) is 3.85. The standard InChI is InChI=1S/C15H21BrClNS2/c1-9-10(2)20-15(8-19-9)14(18-3)6-11-4-5-12(16)7-13(11)17/h4-5,7,9-10,14-15,18H,6,8H2,1-3H3. The first-order valence-corrected chi connectivity index (χ1v) is 10.1. The summed E-state index contributed by atoms with van der Waals surface area (Å²) in [6, 6.07) is 6.66. The number of benzene rings is 1. The molecule has 0 aliphatic carbocycles. The number of nitrogens with one attached hydrogen (secondary N) is 1. The largest absolute Gasteiger partial charge is 0.316 e. The first-order valence-electron chi connectivity index (χ1n) is 6.89. The summed E-state index contributed by atoms with van der Waals surface area (Å²) in [5.41, 5.74) is 1.23. The van der Waals surface area contributed by atoms with E-state index in [0.717, 1.165) is 26.4 Å². The Hall–Kier alpha value is 0.650. The zero-order valence-electron chi connectivity index (χ0n) is 12.0. The molecule has 20 heavy (non-hydrogen) atoms. The molecule has 4 unspecified atom stereocenters. The van der Waals surface area contributed by atoms with Crippen molar-refractivity contribution in [2.24, 2.45) is 0 Å². The van der Waals surface area contributed by atoms with Crippen molar-refractivity contribution >= 4 is 51.1 Å². The highest BCUT2D eigenvalue weighted by atomic mass is 79.9. The lowest BCUT2D eigenvalue weighted by atomic mass is 10.0. The molecule has 2 rings (SSSR count). The highest BCUT2D eigenvalue weighted by molar-refractivity contribution is 9.10. The first kappa shape index (κ1) is 17.0. The molecule has 0 amide bonds. The lowest BCUT2D eigenvalue weighted by molar-refractivity contribution is 0.554. The van der Waals surface area contributed by atoms with Crippen LogP contribution in [0.3, 0.4) is 0 Å². The van der Waals surface area contributed by atoms with E-state index in [1.54, 1.807) is 0 Å². The number of halogens is 2. The molecule has 0 saturated carbocycles. The van der Waals surface area contributed by atoms with E-state index in [9.17, 15) is 0 Å². The van der Waals surface area contributed by atoms with Crippen molar-refractivity contribution in [1.29, 1.82) is 0 Å². The minimum Gasteiger partial charge on any atom is -0.316 e. The minimum absolute atomic E-state index is 0.473. The second kappa shape index (κ2) is 7.77. The van der Waals surface area contributed by atoms with Crippen LogP contribution in [0.1, 0.15) is 19.4 Å². The normalized spacial score (nSPS) is 28.4. The quantitative estimate of drug-likeness (QED) is 0.783. The monoisotopic (exact) mass is 393 g/mol. The van der Waals surface area contributed by atoms with Gasteiger partial charge in [0.25, 0.3) is 0 Å². The Morgan fingerprint density at radius 1 is 1.40 bits per heavy atom. The summed E-state index contributed by atoms with van der Waals surface area (Å²) in [6.07, 6.45) is 0.988. The summed E-state index contributed by atoms with van der Waals surface area (Å²) in [4.78, 5) is 0. The van der Waals surface area contributed by atoms with Crippen molar-refractivity contribution in [2.75, 3.05) is 12.8 Å². The fourth-order valence-corrected chi connectivity index (χ4v) is 6.28. The van der Waals surface area contributed by atoms with Gasteiger partial charge in [-0.25, -0.2) is 0 Å². The highest BCUT2D eigenvalue weighted by Crippen LogP contribution is 2.38. The SMILES string of the molecule is CNC(Cc1ccc(Br)cc1Cl)C1CSC(C)C(C)S1. The van der Waals surface area contributed by atoms with Crippen LogP contribution in [0.2, 0.25) is 5.02 Å². The minimum atomic E-state index is 0.473. The summed E-state index contributed by atoms with van der Waals surface area (Å²) in [7, 11) is 2.06. The van der Waals surface area contributed by atoms with Gasteiger partial charge in [-0.05, 0) is 31.2 Å². The van der Waals surface area contributed by atoms with Crippen LogP contribution >= 0.6 is 51.1 Å². The van der Waals surface area contributed by atoms with E-state index in [1.165, 1.54) is 11.3 Å². The van der Waals surface area contributed by atoms with Crippen LogP contribution in [0.5, 0.6) is 0 Å². The molecule has 0 radical (unpaired) electrons. The summed E-state index contributed by atoms with van der Waals surface area (Å²) in [6.45, 7) is 4.67. The maximum absolute atomic E-state index is 6.35. The van der Waals surface area contributed by atoms with Gasteiger partial charge >= 0.3 is 0 Å². The van der Waals surface area contributed by atoms with Crippen LogP contribution in [-0.4, -0.2) is 34.6 Å². The molecule has 1 saturated heterocycles. The van der Waals surface area contributed by atoms with Gasteiger partial charge in [0.1, 0.15) is 0 Å². The van der Waals surface area contributed by atoms with Gasteiger partial charge in [0, 0.05) is 37.0 Å². The molecule has 5 heteroatoms. The summed E-state index contributed by atoms with van der Waals surface area (Å²) in [5, 5.41) is 6.47. The van der Waals surface area contributed by atoms with Crippen LogP contribution in [0.25, 0.3) is 0 Å². The van der Waals surface area contributed by atoms with E-state index in [1.807, 2.05) is 6.07 Å². The molecule has 0 bridgehead atoms. The fraction of sp³-hybridized carbons (Fsp3) is 0.600. The van der Waals surface area contributed by atoms with Gasteiger partial charge in [-0.3, -0.25) is 0 Å². The predicted octanol–water partition coefficient (Wildman–Crippen LogP) is 4.86. The molecule has 1 aromatic rings. The Morgan fingerprint density at radius 3 is 2.75 bits per heavy atom. The summed E-state index contributed by atoms with van der Waals surface area (Å²) < 4.78 is 1.04. The van der Waals surface area contributed by atoms with Gasteiger partial charge in [-0.15, -0.1) is 0 Å². The van der Waals surface area contributed by atoms with Crippen molar-refractivity contribution in [3.63, 3.8) is 0 Å². The Kier molecular flexibility index (Phi) is 6.61. The Labute approximate surface area is 144 Å². The fourth-order valence-electron chi connectivity index (χ4n) is 2.36. The van der Waals surface area contributed by atoms with Gasteiger partial charge in [-0.2, -0.15) is 23.5 Å². The maximum Gasteiger partial charge on any atom is 0.0449 e. The van der Waals surface area contributed by atoms with E-state index >= 15 is 0 Å². The van der Waals surface area contributed by atoms with E-state index in [0.29, 0.717) is 11.3 Å². The molecule has 1 N–H and O–H groups in total. The van der Waals surface area contributed by atoms with Crippen LogP contribution in [-0.2, 0) is 6.42 Å². The lowest BCUT2D eigenvalue weighted by Gasteiger charge is -2.36. The van der Waals surface area contributed by atoms with E-state index in [-0.39, 0.29) is 0 Å². The highest BCUT2D eigenvalue weighted by Gasteiger charge is 2.30. The maximum atomic E-state index is 6.35. The number of likely N-dealkylation sites (N-methyl/N-ethyl adjacent to an activating group) is 1. The third-order valence-corrected chi connectivity index (χ3v) is 8.24. The summed E-state index contributed by atoms with van der Waals surface area (Å²) in [5.74, 6) is 1.22. The van der Waals surface area contributed by atoms with Gasteiger partial charge in [0.15, 0.2) is 0 Å². The second-order valence-corrected chi connectivity index (χ2v) is 9.61. The summed E-state index contributed by atoms with van der Waals surface area (Å²) >= 11 is 14.0. The van der Waals surface area contributed by atoms with E-state index in [2.05, 4.69) is 77.8 Å². The van der Waals surface area contributed by atoms with Gasteiger partial charge in [-0.1, -0.05) is 47.4 Å². The topological polar surface area (TPSA) is 12.0 Å². The molecule has 0 aromatic heterocycles. The van der Waals surface area contributed by atoms with E-state index < -0.39 is 0 Å². The van der Waals surface area contributed by atoms with Gasteiger partial charge < -0.3 is 5.32 Å². The van der Waals surface area contributed by atoms with Crippen LogP contribution < -0.4 is 5.32 Å². The Bertz CT molecular complexity index is 457. The molecular formula is C15H21BrClNS2. The molecule has 1 fully saturated rings. The zero-order chi connectivity index (χ0) is 14.7. The average molecular weight is 395 g/mol. The molecule has 4 atom stereocenters. The molecule has 1 nitrogen and oxygen atoms in total. The van der Waals surface area contributed by atoms with Crippen LogP contribution in [0, 0.1) is 0 Å². The smallest absolute Gasteiger partial charge is 0.0449 e. The number of hydrogen-bond donors (Lipinski definition) is 1. The van der Waals surface area contributed by atoms with Crippen molar-refractivity contribution in [3.8, 4) is 0 Å². The molecule has 112 valence electrons. The molecule has 0 spiro atoms. The van der Waals surface area contributed by atoms with Crippen molar-refractivity contribution in [3.05, 3.63) is 33.3 Å². The number of rotatable bonds is 4. The molecule has 1 aliphatic heterocycles. The zero-order valence-corrected chi connectivity index (χ0v) is 16.0. The Balaban J connectivity index is 2.05. The lowest BCUT2D eigenvalue weighted by Crippen LogP contribution is -2.43. The molecule has 1 aliphatic rings. The third kappa shape index (κ3) is 4.33. The predicted molar refractivity (Wildman–Crippen MR) is 98.5 cm³/mol. The number of hydrogen-bond acceptors (Lipinski definition) is 3. The van der Waals surface area contributed by atoms with Crippen molar-refractivity contribution < 1.29 is 0 Å². The first-order chi connectivity index (χ1) is 9.51. The molecule has 1 aromatic carbocycles. The average Bonchev–Trinajstić information content (AvgIpc) is 2.41. The van der Waals surface area contributed by atoms with Gasteiger partial charge in [0.2, 0.25) is 0 Å². The molecular weight excluding hydrogens is 374 g/mol. The van der Waals surface area contributed by atoms with Crippen LogP contribution in [0.4, 0.5) is 0 Å². The molecule has 1 heterocycles. The second-order valence-electron chi connectivity index (χ2n) is 5.25. The van der Waals surface area contributed by atoms with E-state index in [4.69, 9.17) is 11.6 Å². The van der Waals surface area contributed by atoms with Crippen molar-refractivity contribution in [1.82, 2.24) is 5.32 Å². The van der Waals surface area contributed by atoms with Crippen molar-refractivity contribution in [2.45, 2.75) is 42.1 Å². The Morgan fingerprint density at radius 2 is 2.15 bits per heavy atom.